The molecule has 0 saturated carbocycles. The molecule has 6 heteroatoms. The van der Waals surface area contributed by atoms with Gasteiger partial charge in [0.25, 0.3) is 0 Å². The molecule has 0 bridgehead atoms. The molecule has 0 saturated heterocycles. The van der Waals surface area contributed by atoms with E-state index in [1.54, 1.807) is 6.20 Å². The molecule has 11 heavy (non-hydrogen) atoms. The first-order chi connectivity index (χ1) is 5.42. The zero-order valence-corrected chi connectivity index (χ0v) is 6.59. The third kappa shape index (κ3) is 0.949. The Kier molecular flexibility index (Phi) is 1.46. The Labute approximate surface area is 66.6 Å². The van der Waals surface area contributed by atoms with Gasteiger partial charge in [0.2, 0.25) is 0 Å². The van der Waals surface area contributed by atoms with Crippen LogP contribution in [0.5, 0.6) is 0 Å². The quantitative estimate of drug-likeness (QED) is 0.625. The van der Waals surface area contributed by atoms with Crippen molar-refractivity contribution in [1.82, 2.24) is 25.6 Å². The zero-order chi connectivity index (χ0) is 7.68. The first-order valence-corrected chi connectivity index (χ1v) is 4.20. The summed E-state index contributed by atoms with van der Waals surface area (Å²) in [6, 6.07) is 0. The van der Waals surface area contributed by atoms with Gasteiger partial charge < -0.3 is 0 Å². The molecule has 2 aromatic heterocycles. The van der Waals surface area contributed by atoms with Gasteiger partial charge in [0.05, 0.1) is 6.20 Å². The average Bonchev–Trinajstić information content (AvgIpc) is 2.50. The van der Waals surface area contributed by atoms with Crippen LogP contribution in [0, 0.1) is 0 Å². The first-order valence-electron chi connectivity index (χ1n) is 2.98. The number of nitrogens with zero attached hydrogens (tertiary/aromatic N) is 4. The van der Waals surface area contributed by atoms with E-state index >= 15 is 0 Å². The van der Waals surface area contributed by atoms with Gasteiger partial charge in [-0.25, -0.2) is 0 Å². The Balaban J connectivity index is 2.79. The van der Waals surface area contributed by atoms with Crippen molar-refractivity contribution in [2.75, 3.05) is 6.26 Å². The van der Waals surface area contributed by atoms with E-state index in [0.29, 0.717) is 0 Å². The lowest BCUT2D eigenvalue weighted by Gasteiger charge is -1.90. The summed E-state index contributed by atoms with van der Waals surface area (Å²) in [4.78, 5) is 0. The van der Waals surface area contributed by atoms with Crippen molar-refractivity contribution in [2.45, 2.75) is 5.03 Å². The van der Waals surface area contributed by atoms with Crippen molar-refractivity contribution in [1.29, 1.82) is 0 Å². The fraction of sp³-hybridized carbons (Fsp3) is 0.200. The van der Waals surface area contributed by atoms with Crippen LogP contribution in [0.15, 0.2) is 11.2 Å². The van der Waals surface area contributed by atoms with E-state index in [-0.39, 0.29) is 0 Å². The highest BCUT2D eigenvalue weighted by atomic mass is 32.2. The van der Waals surface area contributed by atoms with Crippen LogP contribution in [0.2, 0.25) is 0 Å². The van der Waals surface area contributed by atoms with Crippen LogP contribution >= 0.6 is 11.8 Å². The van der Waals surface area contributed by atoms with Gasteiger partial charge in [-0.1, -0.05) is 5.21 Å². The van der Waals surface area contributed by atoms with Crippen LogP contribution in [-0.4, -0.2) is 31.9 Å². The minimum absolute atomic E-state index is 0.785. The molecule has 2 rings (SSSR count). The Bertz CT molecular complexity index is 370. The number of aromatic nitrogens is 5. The number of rotatable bonds is 1. The van der Waals surface area contributed by atoms with E-state index in [4.69, 9.17) is 0 Å². The molecule has 0 amide bonds. The van der Waals surface area contributed by atoms with Gasteiger partial charge in [0.1, 0.15) is 16.1 Å². The van der Waals surface area contributed by atoms with E-state index in [2.05, 4.69) is 25.6 Å². The molecule has 0 aliphatic carbocycles. The molecule has 0 aliphatic heterocycles. The predicted molar refractivity (Wildman–Crippen MR) is 41.3 cm³/mol. The summed E-state index contributed by atoms with van der Waals surface area (Å²) in [6.07, 6.45) is 3.53. The lowest BCUT2D eigenvalue weighted by atomic mass is 10.5. The number of H-pyrrole nitrogens is 1. The predicted octanol–water partition coefficient (Wildman–Crippen LogP) is 0.470. The van der Waals surface area contributed by atoms with Gasteiger partial charge in [-0.15, -0.1) is 22.0 Å². The molecule has 5 nitrogen and oxygen atoms in total. The second kappa shape index (κ2) is 2.46. The SMILES string of the molecule is CSc1nncc2[nH]nnc12. The summed E-state index contributed by atoms with van der Waals surface area (Å²) in [5.41, 5.74) is 1.61. The zero-order valence-electron chi connectivity index (χ0n) is 5.77. The number of thioether (sulfide) groups is 1. The summed E-state index contributed by atoms with van der Waals surface area (Å²) in [7, 11) is 0. The highest BCUT2D eigenvalue weighted by Gasteiger charge is 2.03. The molecular formula is C5H5N5S. The number of hydrogen-bond acceptors (Lipinski definition) is 5. The average molecular weight is 167 g/mol. The number of hydrogen-bond donors (Lipinski definition) is 1. The molecule has 0 atom stereocenters. The Morgan fingerprint density at radius 1 is 1.45 bits per heavy atom. The topological polar surface area (TPSA) is 67.3 Å². The number of aromatic amines is 1. The van der Waals surface area contributed by atoms with Crippen LogP contribution in [0.3, 0.4) is 0 Å². The third-order valence-electron chi connectivity index (χ3n) is 1.31. The minimum Gasteiger partial charge on any atom is -0.256 e. The van der Waals surface area contributed by atoms with Gasteiger partial charge >= 0.3 is 0 Å². The second-order valence-corrected chi connectivity index (χ2v) is 2.72. The van der Waals surface area contributed by atoms with Crippen molar-refractivity contribution >= 4 is 22.8 Å². The molecule has 2 heterocycles. The van der Waals surface area contributed by atoms with E-state index in [1.807, 2.05) is 6.26 Å². The monoisotopic (exact) mass is 167 g/mol. The number of nitrogens with one attached hydrogen (secondary N) is 1. The highest BCUT2D eigenvalue weighted by molar-refractivity contribution is 7.98. The van der Waals surface area contributed by atoms with Gasteiger partial charge in [0.15, 0.2) is 0 Å². The maximum absolute atomic E-state index is 3.89. The lowest BCUT2D eigenvalue weighted by Crippen LogP contribution is -1.84. The van der Waals surface area contributed by atoms with Crippen LogP contribution in [-0.2, 0) is 0 Å². The number of fused-ring (bicyclic) bond motifs is 1. The fourth-order valence-corrected chi connectivity index (χ4v) is 1.28. The van der Waals surface area contributed by atoms with E-state index in [9.17, 15) is 0 Å². The molecule has 1 N–H and O–H groups in total. The van der Waals surface area contributed by atoms with E-state index in [1.165, 1.54) is 11.8 Å². The maximum Gasteiger partial charge on any atom is 0.148 e. The summed E-state index contributed by atoms with van der Waals surface area (Å²) in [5, 5.41) is 18.7. The normalized spacial score (nSPS) is 10.6. The smallest absolute Gasteiger partial charge is 0.148 e. The molecule has 0 aromatic carbocycles. The molecule has 0 radical (unpaired) electrons. The van der Waals surface area contributed by atoms with Crippen LogP contribution in [0.1, 0.15) is 0 Å². The fourth-order valence-electron chi connectivity index (χ4n) is 0.808. The largest absolute Gasteiger partial charge is 0.256 e. The second-order valence-electron chi connectivity index (χ2n) is 1.93. The van der Waals surface area contributed by atoms with Gasteiger partial charge in [-0.3, -0.25) is 5.10 Å². The summed E-state index contributed by atoms with van der Waals surface area (Å²) < 4.78 is 0. The van der Waals surface area contributed by atoms with Crippen molar-refractivity contribution in [3.05, 3.63) is 6.20 Å². The van der Waals surface area contributed by atoms with Crippen LogP contribution in [0.25, 0.3) is 11.0 Å². The van der Waals surface area contributed by atoms with Crippen LogP contribution in [0.4, 0.5) is 0 Å². The Morgan fingerprint density at radius 2 is 2.36 bits per heavy atom. The van der Waals surface area contributed by atoms with Crippen LogP contribution < -0.4 is 0 Å². The maximum atomic E-state index is 3.89. The van der Waals surface area contributed by atoms with Gasteiger partial charge in [0, 0.05) is 0 Å². The Hall–Kier alpha value is -1.17. The van der Waals surface area contributed by atoms with Crippen molar-refractivity contribution in [2.24, 2.45) is 0 Å². The molecule has 0 aliphatic rings. The molecule has 2 aromatic rings. The molecule has 0 unspecified atom stereocenters. The first kappa shape index (κ1) is 6.53. The van der Waals surface area contributed by atoms with Crippen molar-refractivity contribution in [3.63, 3.8) is 0 Å². The van der Waals surface area contributed by atoms with E-state index in [0.717, 1.165) is 16.1 Å². The van der Waals surface area contributed by atoms with Crippen molar-refractivity contribution < 1.29 is 0 Å². The molecule has 56 valence electrons. The molecule has 0 spiro atoms. The van der Waals surface area contributed by atoms with Gasteiger partial charge in [-0.2, -0.15) is 5.10 Å². The molecule has 0 fully saturated rings. The summed E-state index contributed by atoms with van der Waals surface area (Å²) >= 11 is 1.51. The summed E-state index contributed by atoms with van der Waals surface area (Å²) in [6.45, 7) is 0. The van der Waals surface area contributed by atoms with E-state index < -0.39 is 0 Å². The summed E-state index contributed by atoms with van der Waals surface area (Å²) in [5.74, 6) is 0. The highest BCUT2D eigenvalue weighted by Crippen LogP contribution is 2.17. The van der Waals surface area contributed by atoms with Crippen molar-refractivity contribution in [3.8, 4) is 0 Å². The standard InChI is InChI=1S/C5H5N5S/c1-11-5-4-3(2-6-9-5)7-10-8-4/h2H,1H3,(H,7,8,10). The third-order valence-corrected chi connectivity index (χ3v) is 1.97. The molecular weight excluding hydrogens is 162 g/mol. The minimum atomic E-state index is 0.785. The lowest BCUT2D eigenvalue weighted by molar-refractivity contribution is 0.940. The Morgan fingerprint density at radius 3 is 3.18 bits per heavy atom. The van der Waals surface area contributed by atoms with Gasteiger partial charge in [-0.05, 0) is 6.26 Å².